The highest BCUT2D eigenvalue weighted by Crippen LogP contribution is 2.28. The number of halogens is 1. The van der Waals surface area contributed by atoms with Crippen molar-refractivity contribution in [3.05, 3.63) is 62.7 Å². The summed E-state index contributed by atoms with van der Waals surface area (Å²) >= 11 is 5.97. The molecule has 0 atom stereocenters. The molecule has 0 saturated heterocycles. The number of hydrogen-bond donors (Lipinski definition) is 1. The third-order valence-corrected chi connectivity index (χ3v) is 3.56. The quantitative estimate of drug-likeness (QED) is 0.665. The summed E-state index contributed by atoms with van der Waals surface area (Å²) in [5.74, 6) is 0.581. The van der Waals surface area contributed by atoms with Crippen LogP contribution in [0.15, 0.2) is 36.4 Å². The Bertz CT molecular complexity index is 674. The molecule has 0 fully saturated rings. The average molecular weight is 307 g/mol. The van der Waals surface area contributed by atoms with E-state index in [1.807, 2.05) is 12.1 Å². The normalized spacial score (nSPS) is 10.2. The highest BCUT2D eigenvalue weighted by atomic mass is 35.5. The zero-order chi connectivity index (χ0) is 15.4. The van der Waals surface area contributed by atoms with E-state index >= 15 is 0 Å². The Morgan fingerprint density at radius 3 is 2.76 bits per heavy atom. The zero-order valence-electron chi connectivity index (χ0n) is 11.7. The number of nitro groups is 1. The predicted octanol–water partition coefficient (Wildman–Crippen LogP) is 4.18. The molecule has 0 aliphatic carbocycles. The number of nitro benzene ring substituents is 1. The number of ether oxygens (including phenoxy) is 1. The molecule has 2 aromatic carbocycles. The summed E-state index contributed by atoms with van der Waals surface area (Å²) in [5, 5.41) is 14.7. The summed E-state index contributed by atoms with van der Waals surface area (Å²) < 4.78 is 5.15. The second-order valence-electron chi connectivity index (χ2n) is 4.52. The number of nitrogens with one attached hydrogen (secondary N) is 1. The highest BCUT2D eigenvalue weighted by Gasteiger charge is 2.12. The fraction of sp³-hybridized carbons (Fsp3) is 0.200. The Hall–Kier alpha value is -2.27. The second-order valence-corrected chi connectivity index (χ2v) is 4.93. The molecule has 0 spiro atoms. The minimum Gasteiger partial charge on any atom is -0.495 e. The van der Waals surface area contributed by atoms with E-state index in [-0.39, 0.29) is 10.6 Å². The van der Waals surface area contributed by atoms with Crippen LogP contribution >= 0.6 is 11.6 Å². The Morgan fingerprint density at radius 1 is 1.33 bits per heavy atom. The van der Waals surface area contributed by atoms with E-state index in [1.165, 1.54) is 6.07 Å². The van der Waals surface area contributed by atoms with Gasteiger partial charge in [0.1, 0.15) is 5.75 Å². The molecule has 21 heavy (non-hydrogen) atoms. The van der Waals surface area contributed by atoms with Gasteiger partial charge >= 0.3 is 0 Å². The first-order valence-corrected chi connectivity index (χ1v) is 6.71. The van der Waals surface area contributed by atoms with Crippen LogP contribution in [0.1, 0.15) is 11.1 Å². The summed E-state index contributed by atoms with van der Waals surface area (Å²) in [6, 6.07) is 10.4. The second kappa shape index (κ2) is 6.45. The van der Waals surface area contributed by atoms with Crippen molar-refractivity contribution in [3.63, 3.8) is 0 Å². The van der Waals surface area contributed by atoms with Crippen LogP contribution in [0, 0.1) is 17.0 Å². The first-order valence-electron chi connectivity index (χ1n) is 6.33. The van der Waals surface area contributed by atoms with Gasteiger partial charge in [0.25, 0.3) is 5.69 Å². The molecule has 0 heterocycles. The van der Waals surface area contributed by atoms with E-state index in [4.69, 9.17) is 16.3 Å². The lowest BCUT2D eigenvalue weighted by molar-refractivity contribution is -0.385. The number of rotatable bonds is 5. The van der Waals surface area contributed by atoms with E-state index in [1.54, 1.807) is 32.2 Å². The lowest BCUT2D eigenvalue weighted by Gasteiger charge is -2.11. The standard InChI is InChI=1S/C15H15ClN2O3/c1-10-11(4-3-5-14(10)18(19)20)9-17-12-6-7-13(16)15(8-12)21-2/h3-8,17H,9H2,1-2H3. The molecule has 0 aromatic heterocycles. The molecule has 5 nitrogen and oxygen atoms in total. The van der Waals surface area contributed by atoms with Crippen molar-refractivity contribution >= 4 is 23.0 Å². The van der Waals surface area contributed by atoms with Crippen molar-refractivity contribution in [3.8, 4) is 5.75 Å². The maximum atomic E-state index is 10.9. The fourth-order valence-corrected chi connectivity index (χ4v) is 2.22. The van der Waals surface area contributed by atoms with Crippen molar-refractivity contribution in [2.75, 3.05) is 12.4 Å². The molecule has 2 rings (SSSR count). The molecule has 110 valence electrons. The van der Waals surface area contributed by atoms with Crippen LogP contribution in [0.2, 0.25) is 5.02 Å². The summed E-state index contributed by atoms with van der Waals surface area (Å²) in [4.78, 5) is 10.6. The molecule has 0 aliphatic rings. The minimum atomic E-state index is -0.371. The van der Waals surface area contributed by atoms with Gasteiger partial charge in [0.15, 0.2) is 0 Å². The molecule has 0 bridgehead atoms. The Kier molecular flexibility index (Phi) is 4.65. The van der Waals surface area contributed by atoms with Gasteiger partial charge in [0, 0.05) is 29.9 Å². The maximum Gasteiger partial charge on any atom is 0.272 e. The van der Waals surface area contributed by atoms with Gasteiger partial charge in [-0.2, -0.15) is 0 Å². The molecule has 0 unspecified atom stereocenters. The van der Waals surface area contributed by atoms with Gasteiger partial charge in [-0.15, -0.1) is 0 Å². The fourth-order valence-electron chi connectivity index (χ4n) is 2.03. The van der Waals surface area contributed by atoms with Gasteiger partial charge < -0.3 is 10.1 Å². The highest BCUT2D eigenvalue weighted by molar-refractivity contribution is 6.32. The molecule has 6 heteroatoms. The average Bonchev–Trinajstić information content (AvgIpc) is 2.47. The molecule has 0 aliphatic heterocycles. The van der Waals surface area contributed by atoms with E-state index in [0.717, 1.165) is 11.3 Å². The molecule has 0 saturated carbocycles. The molecule has 2 aromatic rings. The lowest BCUT2D eigenvalue weighted by atomic mass is 10.1. The van der Waals surface area contributed by atoms with Gasteiger partial charge in [-0.05, 0) is 24.6 Å². The van der Waals surface area contributed by atoms with Crippen molar-refractivity contribution in [1.29, 1.82) is 0 Å². The Morgan fingerprint density at radius 2 is 2.10 bits per heavy atom. The summed E-state index contributed by atoms with van der Waals surface area (Å²) in [6.07, 6.45) is 0. The minimum absolute atomic E-state index is 0.128. The number of anilines is 1. The molecule has 0 radical (unpaired) electrons. The van der Waals surface area contributed by atoms with Crippen LogP contribution in [-0.4, -0.2) is 12.0 Å². The first kappa shape index (κ1) is 15.1. The molecule has 1 N–H and O–H groups in total. The maximum absolute atomic E-state index is 10.9. The van der Waals surface area contributed by atoms with Gasteiger partial charge in [0.2, 0.25) is 0 Å². The van der Waals surface area contributed by atoms with Gasteiger partial charge in [-0.25, -0.2) is 0 Å². The largest absolute Gasteiger partial charge is 0.495 e. The van der Waals surface area contributed by atoms with E-state index < -0.39 is 0 Å². The Balaban J connectivity index is 2.17. The monoisotopic (exact) mass is 306 g/mol. The number of methoxy groups -OCH3 is 1. The van der Waals surface area contributed by atoms with E-state index in [0.29, 0.717) is 22.9 Å². The Labute approximate surface area is 127 Å². The molecular formula is C15H15ClN2O3. The number of nitrogens with zero attached hydrogens (tertiary/aromatic N) is 1. The van der Waals surface area contributed by atoms with E-state index in [2.05, 4.69) is 5.32 Å². The van der Waals surface area contributed by atoms with Gasteiger partial charge in [0.05, 0.1) is 17.1 Å². The van der Waals surface area contributed by atoms with Crippen LogP contribution in [0.25, 0.3) is 0 Å². The lowest BCUT2D eigenvalue weighted by Crippen LogP contribution is -2.03. The first-order chi connectivity index (χ1) is 10.0. The van der Waals surface area contributed by atoms with Crippen molar-refractivity contribution in [1.82, 2.24) is 0 Å². The van der Waals surface area contributed by atoms with Crippen LogP contribution in [0.5, 0.6) is 5.75 Å². The third-order valence-electron chi connectivity index (χ3n) is 3.25. The molecular weight excluding hydrogens is 292 g/mol. The number of benzene rings is 2. The SMILES string of the molecule is COc1cc(NCc2cccc([N+](=O)[O-])c2C)ccc1Cl. The van der Waals surface area contributed by atoms with Crippen LogP contribution in [-0.2, 0) is 6.54 Å². The van der Waals surface area contributed by atoms with Crippen LogP contribution < -0.4 is 10.1 Å². The number of hydrogen-bond acceptors (Lipinski definition) is 4. The zero-order valence-corrected chi connectivity index (χ0v) is 12.5. The summed E-state index contributed by atoms with van der Waals surface area (Å²) in [7, 11) is 1.55. The van der Waals surface area contributed by atoms with E-state index in [9.17, 15) is 10.1 Å². The predicted molar refractivity (Wildman–Crippen MR) is 83.2 cm³/mol. The topological polar surface area (TPSA) is 64.4 Å². The summed E-state index contributed by atoms with van der Waals surface area (Å²) in [5.41, 5.74) is 2.50. The summed E-state index contributed by atoms with van der Waals surface area (Å²) in [6.45, 7) is 2.23. The van der Waals surface area contributed by atoms with Crippen molar-refractivity contribution in [2.45, 2.75) is 13.5 Å². The molecule has 0 amide bonds. The van der Waals surface area contributed by atoms with Crippen molar-refractivity contribution in [2.24, 2.45) is 0 Å². The van der Waals surface area contributed by atoms with Crippen LogP contribution in [0.4, 0.5) is 11.4 Å². The third kappa shape index (κ3) is 3.44. The van der Waals surface area contributed by atoms with Crippen molar-refractivity contribution < 1.29 is 9.66 Å². The van der Waals surface area contributed by atoms with Gasteiger partial charge in [-0.3, -0.25) is 10.1 Å². The van der Waals surface area contributed by atoms with Crippen LogP contribution in [0.3, 0.4) is 0 Å². The van der Waals surface area contributed by atoms with Gasteiger partial charge in [-0.1, -0.05) is 23.7 Å². The smallest absolute Gasteiger partial charge is 0.272 e.